The van der Waals surface area contributed by atoms with Crippen LogP contribution < -0.4 is 10.6 Å². The molecule has 2 rings (SSSR count). The van der Waals surface area contributed by atoms with Gasteiger partial charge in [-0.2, -0.15) is 0 Å². The molecule has 2 aromatic heterocycles. The van der Waals surface area contributed by atoms with Crippen molar-refractivity contribution in [3.05, 3.63) is 34.7 Å². The maximum atomic E-state index is 4.56. The summed E-state index contributed by atoms with van der Waals surface area (Å²) in [6.45, 7) is 4.93. The largest absolute Gasteiger partial charge is 0.354 e. The summed E-state index contributed by atoms with van der Waals surface area (Å²) in [6.07, 6.45) is 5.07. The van der Waals surface area contributed by atoms with Gasteiger partial charge in [-0.05, 0) is 41.4 Å². The number of nitrogens with zero attached hydrogens (tertiary/aromatic N) is 3. The molecule has 0 aromatic carbocycles. The van der Waals surface area contributed by atoms with Crippen LogP contribution in [0.4, 0.5) is 0 Å². The highest BCUT2D eigenvalue weighted by atomic mass is 79.9. The van der Waals surface area contributed by atoms with Crippen molar-refractivity contribution in [3.63, 3.8) is 0 Å². The van der Waals surface area contributed by atoms with Gasteiger partial charge in [0.1, 0.15) is 5.65 Å². The van der Waals surface area contributed by atoms with Gasteiger partial charge in [0.2, 0.25) is 0 Å². The maximum absolute atomic E-state index is 4.56. The fourth-order valence-electron chi connectivity index (χ4n) is 1.81. The Kier molecular flexibility index (Phi) is 5.00. The summed E-state index contributed by atoms with van der Waals surface area (Å²) < 4.78 is 3.04. The van der Waals surface area contributed by atoms with E-state index in [1.54, 1.807) is 7.05 Å². The van der Waals surface area contributed by atoms with Gasteiger partial charge in [0.05, 0.1) is 12.2 Å². The van der Waals surface area contributed by atoms with E-state index in [0.29, 0.717) is 12.6 Å². The van der Waals surface area contributed by atoms with E-state index >= 15 is 0 Å². The summed E-state index contributed by atoms with van der Waals surface area (Å²) in [6, 6.07) is 4.38. The quantitative estimate of drug-likeness (QED) is 0.665. The van der Waals surface area contributed by atoms with E-state index in [9.17, 15) is 0 Å². The molecule has 5 nitrogen and oxygen atoms in total. The van der Waals surface area contributed by atoms with Crippen LogP contribution in [-0.2, 0) is 6.54 Å². The van der Waals surface area contributed by atoms with Gasteiger partial charge >= 0.3 is 0 Å². The third kappa shape index (κ3) is 3.72. The van der Waals surface area contributed by atoms with E-state index in [2.05, 4.69) is 50.4 Å². The average molecular weight is 338 g/mol. The van der Waals surface area contributed by atoms with Crippen LogP contribution in [0.25, 0.3) is 5.65 Å². The molecule has 0 amide bonds. The molecule has 0 spiro atoms. The summed E-state index contributed by atoms with van der Waals surface area (Å²) in [7, 11) is 1.78. The molecule has 108 valence electrons. The van der Waals surface area contributed by atoms with Crippen LogP contribution in [0.3, 0.4) is 0 Å². The molecule has 0 saturated heterocycles. The molecule has 2 heterocycles. The number of aromatic nitrogens is 2. The number of halogens is 1. The summed E-state index contributed by atoms with van der Waals surface area (Å²) >= 11 is 3.46. The third-order valence-corrected chi connectivity index (χ3v) is 3.59. The topological polar surface area (TPSA) is 53.7 Å². The van der Waals surface area contributed by atoms with E-state index in [-0.39, 0.29) is 0 Å². The van der Waals surface area contributed by atoms with Crippen molar-refractivity contribution in [1.82, 2.24) is 20.0 Å². The lowest BCUT2D eigenvalue weighted by molar-refractivity contribution is 0.623. The third-order valence-electron chi connectivity index (χ3n) is 3.12. The second kappa shape index (κ2) is 6.74. The molecule has 6 heteroatoms. The first kappa shape index (κ1) is 14.8. The number of pyridine rings is 1. The first-order chi connectivity index (χ1) is 9.62. The fourth-order valence-corrected chi connectivity index (χ4v) is 2.16. The molecule has 0 fully saturated rings. The van der Waals surface area contributed by atoms with Gasteiger partial charge in [-0.1, -0.05) is 6.92 Å². The summed E-state index contributed by atoms with van der Waals surface area (Å²) in [4.78, 5) is 8.77. The van der Waals surface area contributed by atoms with Crippen molar-refractivity contribution < 1.29 is 0 Å². The van der Waals surface area contributed by atoms with Crippen LogP contribution in [0, 0.1) is 0 Å². The van der Waals surface area contributed by atoms with Gasteiger partial charge < -0.3 is 15.0 Å². The van der Waals surface area contributed by atoms with Crippen LogP contribution >= 0.6 is 15.9 Å². The number of guanidine groups is 1. The van der Waals surface area contributed by atoms with E-state index in [4.69, 9.17) is 0 Å². The Morgan fingerprint density at radius 3 is 2.95 bits per heavy atom. The van der Waals surface area contributed by atoms with Crippen molar-refractivity contribution in [3.8, 4) is 0 Å². The van der Waals surface area contributed by atoms with Crippen molar-refractivity contribution in [2.24, 2.45) is 4.99 Å². The van der Waals surface area contributed by atoms with Crippen LogP contribution in [0.15, 0.2) is 34.0 Å². The number of aliphatic imine (C=N–C) groups is 1. The van der Waals surface area contributed by atoms with Crippen LogP contribution in [-0.4, -0.2) is 28.4 Å². The molecule has 0 aliphatic heterocycles. The first-order valence-electron chi connectivity index (χ1n) is 6.72. The molecule has 2 N–H and O–H groups in total. The van der Waals surface area contributed by atoms with Crippen LogP contribution in [0.2, 0.25) is 0 Å². The highest BCUT2D eigenvalue weighted by Gasteiger charge is 2.05. The van der Waals surface area contributed by atoms with E-state index in [1.165, 1.54) is 0 Å². The molecule has 1 atom stereocenters. The second-order valence-electron chi connectivity index (χ2n) is 4.72. The number of fused-ring (bicyclic) bond motifs is 1. The minimum Gasteiger partial charge on any atom is -0.354 e. The predicted octanol–water partition coefficient (Wildman–Crippen LogP) is 2.56. The Labute approximate surface area is 127 Å². The Bertz CT molecular complexity index is 605. The smallest absolute Gasteiger partial charge is 0.191 e. The predicted molar refractivity (Wildman–Crippen MR) is 86.0 cm³/mol. The number of hydrogen-bond donors (Lipinski definition) is 2. The zero-order chi connectivity index (χ0) is 14.5. The van der Waals surface area contributed by atoms with E-state index in [1.807, 2.05) is 28.9 Å². The average Bonchev–Trinajstić information content (AvgIpc) is 2.84. The Hall–Kier alpha value is -1.56. The lowest BCUT2D eigenvalue weighted by atomic mass is 10.3. The van der Waals surface area contributed by atoms with E-state index in [0.717, 1.165) is 28.2 Å². The summed E-state index contributed by atoms with van der Waals surface area (Å²) in [5.74, 6) is 0.803. The molecule has 0 saturated carbocycles. The van der Waals surface area contributed by atoms with Gasteiger partial charge in [-0.3, -0.25) is 4.99 Å². The first-order valence-corrected chi connectivity index (χ1v) is 7.52. The fraction of sp³-hybridized carbons (Fsp3) is 0.429. The van der Waals surface area contributed by atoms with Gasteiger partial charge in [-0.15, -0.1) is 0 Å². The zero-order valence-electron chi connectivity index (χ0n) is 12.0. The number of rotatable bonds is 4. The second-order valence-corrected chi connectivity index (χ2v) is 5.64. The minimum atomic E-state index is 0.401. The maximum Gasteiger partial charge on any atom is 0.191 e. The Balaban J connectivity index is 2.01. The molecule has 1 unspecified atom stereocenters. The number of nitrogens with one attached hydrogen (secondary N) is 2. The number of hydrogen-bond acceptors (Lipinski definition) is 2. The van der Waals surface area contributed by atoms with Crippen molar-refractivity contribution in [2.45, 2.75) is 32.9 Å². The van der Waals surface area contributed by atoms with Crippen molar-refractivity contribution in [2.75, 3.05) is 7.05 Å². The monoisotopic (exact) mass is 337 g/mol. The van der Waals surface area contributed by atoms with Crippen LogP contribution in [0.1, 0.15) is 26.0 Å². The van der Waals surface area contributed by atoms with Crippen LogP contribution in [0.5, 0.6) is 0 Å². The molecule has 20 heavy (non-hydrogen) atoms. The van der Waals surface area contributed by atoms with Gasteiger partial charge in [-0.25, -0.2) is 4.98 Å². The molecular weight excluding hydrogens is 318 g/mol. The summed E-state index contributed by atoms with van der Waals surface area (Å²) in [5, 5.41) is 6.60. The van der Waals surface area contributed by atoms with E-state index < -0.39 is 0 Å². The Morgan fingerprint density at radius 2 is 2.25 bits per heavy atom. The molecular formula is C14H20BrN5. The van der Waals surface area contributed by atoms with Crippen molar-refractivity contribution >= 4 is 27.5 Å². The zero-order valence-corrected chi connectivity index (χ0v) is 13.6. The highest BCUT2D eigenvalue weighted by Crippen LogP contribution is 2.12. The van der Waals surface area contributed by atoms with Gasteiger partial charge in [0, 0.05) is 30.0 Å². The van der Waals surface area contributed by atoms with Gasteiger partial charge in [0.25, 0.3) is 0 Å². The lowest BCUT2D eigenvalue weighted by Gasteiger charge is -2.15. The normalized spacial score (nSPS) is 13.5. The molecule has 0 radical (unpaired) electrons. The lowest BCUT2D eigenvalue weighted by Crippen LogP contribution is -2.41. The molecule has 2 aromatic rings. The number of imidazole rings is 1. The summed E-state index contributed by atoms with van der Waals surface area (Å²) in [5.41, 5.74) is 1.92. The minimum absolute atomic E-state index is 0.401. The van der Waals surface area contributed by atoms with Crippen molar-refractivity contribution in [1.29, 1.82) is 0 Å². The molecule has 0 aliphatic carbocycles. The highest BCUT2D eigenvalue weighted by molar-refractivity contribution is 9.10. The SMILES string of the molecule is CCC(C)NC(=NC)NCc1cn2cc(Br)ccc2n1. The Morgan fingerprint density at radius 1 is 1.45 bits per heavy atom. The molecule has 0 aliphatic rings. The molecule has 0 bridgehead atoms. The standard InChI is InChI=1S/C14H20BrN5/c1-4-10(2)18-14(16-3)17-7-12-9-20-8-11(15)5-6-13(20)19-12/h5-6,8-10H,4,7H2,1-3H3,(H2,16,17,18). The van der Waals surface area contributed by atoms with Gasteiger partial charge in [0.15, 0.2) is 5.96 Å².